The second-order valence-corrected chi connectivity index (χ2v) is 5.97. The van der Waals surface area contributed by atoms with E-state index in [2.05, 4.69) is 10.3 Å². The summed E-state index contributed by atoms with van der Waals surface area (Å²) < 4.78 is 19.3. The number of ketones is 1. The van der Waals surface area contributed by atoms with E-state index in [1.807, 2.05) is 0 Å². The molecule has 0 saturated carbocycles. The molecule has 0 spiro atoms. The summed E-state index contributed by atoms with van der Waals surface area (Å²) in [6, 6.07) is 2.69. The topological polar surface area (TPSA) is 71.5 Å². The minimum atomic E-state index is -1.20. The summed E-state index contributed by atoms with van der Waals surface area (Å²) in [6.07, 6.45) is 5.66. The Hall–Kier alpha value is -2.67. The number of nitrogens with zero attached hydrogens (tertiary/aromatic N) is 2. The predicted octanol–water partition coefficient (Wildman–Crippen LogP) is 2.38. The number of esters is 1. The number of pyridine rings is 1. The second-order valence-electron chi connectivity index (χ2n) is 5.56. The summed E-state index contributed by atoms with van der Waals surface area (Å²) in [6.45, 7) is 3.40. The molecule has 0 aromatic carbocycles. The average Bonchev–Trinajstić information content (AvgIpc) is 2.55. The summed E-state index contributed by atoms with van der Waals surface area (Å²) in [4.78, 5) is 30.3. The molecule has 0 fully saturated rings. The minimum Gasteiger partial charge on any atom is -0.462 e. The first-order chi connectivity index (χ1) is 11.9. The standard InChI is InChI=1S/C17H15ClFN3O3/c1-3-25-16(24)10-9-22(15-12(19)5-4-8-20-15)17(2)11(14(10)23)6-7-13(18)21-17/h4-9,21H,3H2,1-2H3. The number of nitrogens with one attached hydrogen (secondary N) is 1. The van der Waals surface area contributed by atoms with Gasteiger partial charge in [0.25, 0.3) is 0 Å². The van der Waals surface area contributed by atoms with Gasteiger partial charge in [0.05, 0.1) is 6.61 Å². The molecule has 2 aliphatic heterocycles. The van der Waals surface area contributed by atoms with E-state index >= 15 is 0 Å². The van der Waals surface area contributed by atoms with Crippen LogP contribution in [0.3, 0.4) is 0 Å². The SMILES string of the molecule is CCOC(=O)C1=CN(c2ncccc2F)C2(C)NC(Cl)=CC=C2C1=O. The van der Waals surface area contributed by atoms with Crippen molar-refractivity contribution < 1.29 is 18.7 Å². The molecular weight excluding hydrogens is 349 g/mol. The van der Waals surface area contributed by atoms with Crippen LogP contribution in [-0.4, -0.2) is 29.0 Å². The molecule has 0 aliphatic carbocycles. The van der Waals surface area contributed by atoms with Crippen molar-refractivity contribution in [1.82, 2.24) is 10.3 Å². The Morgan fingerprint density at radius 3 is 2.92 bits per heavy atom. The number of halogens is 2. The lowest BCUT2D eigenvalue weighted by atomic mass is 9.86. The molecule has 3 heterocycles. The van der Waals surface area contributed by atoms with Crippen molar-refractivity contribution in [1.29, 1.82) is 0 Å². The normalized spacial score (nSPS) is 22.3. The number of carbonyl (C=O) groups is 2. The molecule has 1 atom stereocenters. The summed E-state index contributed by atoms with van der Waals surface area (Å²) in [5.74, 6) is -1.95. The first kappa shape index (κ1) is 17.2. The molecule has 1 aromatic heterocycles. The van der Waals surface area contributed by atoms with Gasteiger partial charge in [-0.1, -0.05) is 11.6 Å². The first-order valence-corrected chi connectivity index (χ1v) is 7.96. The quantitative estimate of drug-likeness (QED) is 0.505. The van der Waals surface area contributed by atoms with E-state index in [1.165, 1.54) is 41.6 Å². The lowest BCUT2D eigenvalue weighted by Crippen LogP contribution is -2.61. The lowest BCUT2D eigenvalue weighted by Gasteiger charge is -2.46. The van der Waals surface area contributed by atoms with Gasteiger partial charge in [-0.3, -0.25) is 4.79 Å². The average molecular weight is 364 g/mol. The van der Waals surface area contributed by atoms with Crippen molar-refractivity contribution in [2.75, 3.05) is 11.5 Å². The zero-order valence-corrected chi connectivity index (χ0v) is 14.3. The number of allylic oxidation sites excluding steroid dienone is 2. The van der Waals surface area contributed by atoms with Crippen LogP contribution in [0.5, 0.6) is 0 Å². The van der Waals surface area contributed by atoms with Crippen LogP contribution in [0.15, 0.2) is 53.0 Å². The molecule has 1 aromatic rings. The first-order valence-electron chi connectivity index (χ1n) is 7.58. The molecule has 130 valence electrons. The van der Waals surface area contributed by atoms with Crippen LogP contribution < -0.4 is 10.2 Å². The second kappa shape index (κ2) is 6.33. The highest BCUT2D eigenvalue weighted by atomic mass is 35.5. The highest BCUT2D eigenvalue weighted by Crippen LogP contribution is 2.38. The number of ether oxygens (including phenoxy) is 1. The third-order valence-corrected chi connectivity index (χ3v) is 4.20. The van der Waals surface area contributed by atoms with Gasteiger partial charge in [0.1, 0.15) is 16.4 Å². The van der Waals surface area contributed by atoms with Gasteiger partial charge < -0.3 is 15.0 Å². The van der Waals surface area contributed by atoms with Crippen molar-refractivity contribution in [3.63, 3.8) is 0 Å². The van der Waals surface area contributed by atoms with Crippen molar-refractivity contribution in [3.8, 4) is 0 Å². The van der Waals surface area contributed by atoms with E-state index in [0.717, 1.165) is 0 Å². The smallest absolute Gasteiger partial charge is 0.343 e. The highest BCUT2D eigenvalue weighted by molar-refractivity contribution is 6.30. The number of fused-ring (bicyclic) bond motifs is 1. The zero-order valence-electron chi connectivity index (χ0n) is 13.5. The Labute approximate surface area is 148 Å². The van der Waals surface area contributed by atoms with Gasteiger partial charge in [0.2, 0.25) is 5.78 Å². The fourth-order valence-corrected chi connectivity index (χ4v) is 3.04. The molecule has 2 aliphatic rings. The van der Waals surface area contributed by atoms with E-state index in [9.17, 15) is 14.0 Å². The van der Waals surface area contributed by atoms with Crippen LogP contribution >= 0.6 is 11.6 Å². The Balaban J connectivity index is 2.21. The fraction of sp³-hybridized carbons (Fsp3) is 0.235. The van der Waals surface area contributed by atoms with E-state index in [1.54, 1.807) is 13.8 Å². The number of aromatic nitrogens is 1. The van der Waals surface area contributed by atoms with E-state index in [-0.39, 0.29) is 28.7 Å². The van der Waals surface area contributed by atoms with Crippen LogP contribution in [0.2, 0.25) is 0 Å². The van der Waals surface area contributed by atoms with Crippen LogP contribution in [0.1, 0.15) is 13.8 Å². The monoisotopic (exact) mass is 363 g/mol. The molecule has 0 amide bonds. The fourth-order valence-electron chi connectivity index (χ4n) is 2.79. The number of hydrogen-bond donors (Lipinski definition) is 1. The molecule has 25 heavy (non-hydrogen) atoms. The van der Waals surface area contributed by atoms with Crippen molar-refractivity contribution in [2.24, 2.45) is 0 Å². The van der Waals surface area contributed by atoms with Gasteiger partial charge in [-0.15, -0.1) is 0 Å². The van der Waals surface area contributed by atoms with Crippen molar-refractivity contribution >= 4 is 29.2 Å². The van der Waals surface area contributed by atoms with Gasteiger partial charge in [0, 0.05) is 18.0 Å². The lowest BCUT2D eigenvalue weighted by molar-refractivity contribution is -0.139. The molecule has 0 radical (unpaired) electrons. The van der Waals surface area contributed by atoms with Crippen molar-refractivity contribution in [3.05, 3.63) is 58.8 Å². The molecule has 8 heteroatoms. The maximum atomic E-state index is 14.3. The van der Waals surface area contributed by atoms with Crippen LogP contribution in [0.25, 0.3) is 0 Å². The van der Waals surface area contributed by atoms with Gasteiger partial charge in [-0.05, 0) is 38.1 Å². The Bertz CT molecular complexity index is 849. The summed E-state index contributed by atoms with van der Waals surface area (Å²) >= 11 is 6.06. The molecule has 1 N–H and O–H groups in total. The van der Waals surface area contributed by atoms with E-state index in [0.29, 0.717) is 0 Å². The maximum Gasteiger partial charge on any atom is 0.343 e. The Morgan fingerprint density at radius 1 is 1.48 bits per heavy atom. The van der Waals surface area contributed by atoms with Crippen LogP contribution in [-0.2, 0) is 14.3 Å². The molecule has 3 rings (SSSR count). The van der Waals surface area contributed by atoms with E-state index < -0.39 is 23.2 Å². The van der Waals surface area contributed by atoms with E-state index in [4.69, 9.17) is 16.3 Å². The Morgan fingerprint density at radius 2 is 2.24 bits per heavy atom. The zero-order chi connectivity index (χ0) is 18.2. The van der Waals surface area contributed by atoms with Gasteiger partial charge in [-0.25, -0.2) is 14.2 Å². The molecule has 0 saturated heterocycles. The summed E-state index contributed by atoms with van der Waals surface area (Å²) in [7, 11) is 0. The molecule has 0 bridgehead atoms. The third-order valence-electron chi connectivity index (χ3n) is 3.98. The van der Waals surface area contributed by atoms with Crippen LogP contribution in [0, 0.1) is 5.82 Å². The predicted molar refractivity (Wildman–Crippen MR) is 90.0 cm³/mol. The van der Waals surface area contributed by atoms with Crippen molar-refractivity contribution in [2.45, 2.75) is 19.5 Å². The molecular formula is C17H15ClFN3O3. The van der Waals surface area contributed by atoms with Gasteiger partial charge in [0.15, 0.2) is 11.6 Å². The number of Topliss-reactive ketones (excluding diaryl/α,β-unsaturated/α-hetero) is 1. The minimum absolute atomic E-state index is 0.0518. The number of carbonyl (C=O) groups excluding carboxylic acids is 2. The highest BCUT2D eigenvalue weighted by Gasteiger charge is 2.47. The van der Waals surface area contributed by atoms with Gasteiger partial charge >= 0.3 is 5.97 Å². The third kappa shape index (κ3) is 2.80. The largest absolute Gasteiger partial charge is 0.462 e. The molecule has 6 nitrogen and oxygen atoms in total. The number of dihydropyridines is 1. The number of rotatable bonds is 3. The summed E-state index contributed by atoms with van der Waals surface area (Å²) in [5.41, 5.74) is -1.18. The number of hydrogen-bond acceptors (Lipinski definition) is 6. The maximum absolute atomic E-state index is 14.3. The summed E-state index contributed by atoms with van der Waals surface area (Å²) in [5, 5.41) is 3.22. The van der Waals surface area contributed by atoms with Gasteiger partial charge in [-0.2, -0.15) is 0 Å². The molecule has 1 unspecified atom stereocenters. The number of anilines is 1. The Kier molecular flexibility index (Phi) is 4.34. The van der Waals surface area contributed by atoms with Crippen LogP contribution in [0.4, 0.5) is 10.2 Å².